The zero-order valence-electron chi connectivity index (χ0n) is 10.0. The molecule has 100 valence electrons. The molecule has 0 fully saturated rings. The van der Waals surface area contributed by atoms with Crippen molar-refractivity contribution >= 4 is 17.7 Å². The number of nitrogens with zero attached hydrogens (tertiary/aromatic N) is 1. The Kier molecular flexibility index (Phi) is 3.55. The number of hydrogen-bond acceptors (Lipinski definition) is 4. The van der Waals surface area contributed by atoms with Gasteiger partial charge in [-0.05, 0) is 17.7 Å². The molecule has 0 aromatic heterocycles. The summed E-state index contributed by atoms with van der Waals surface area (Å²) < 4.78 is 29.2. The summed E-state index contributed by atoms with van der Waals surface area (Å²) in [7, 11) is 1.36. The second-order valence-electron chi connectivity index (χ2n) is 3.85. The molecule has 0 saturated carbocycles. The maximum absolute atomic E-state index is 12.3. The lowest BCUT2D eigenvalue weighted by molar-refractivity contribution is 0.0965. The van der Waals surface area contributed by atoms with E-state index in [9.17, 15) is 13.6 Å². The van der Waals surface area contributed by atoms with E-state index in [0.717, 1.165) is 5.56 Å². The van der Waals surface area contributed by atoms with Gasteiger partial charge in [0.1, 0.15) is 0 Å². The first-order chi connectivity index (χ1) is 9.02. The van der Waals surface area contributed by atoms with Gasteiger partial charge >= 0.3 is 6.43 Å². The number of amides is 1. The van der Waals surface area contributed by atoms with Crippen LogP contribution in [0.2, 0.25) is 0 Å². The number of benzene rings is 1. The van der Waals surface area contributed by atoms with Crippen molar-refractivity contribution in [3.63, 3.8) is 0 Å². The molecule has 0 spiro atoms. The molecular formula is C12H11F2N3O2. The molecule has 1 aliphatic rings. The molecule has 0 unspecified atom stereocenters. The number of nitrogens with one attached hydrogen (secondary N) is 2. The van der Waals surface area contributed by atoms with E-state index in [2.05, 4.69) is 10.3 Å². The normalized spacial score (nSPS) is 14.3. The molecule has 2 N–H and O–H groups in total. The average Bonchev–Trinajstić information content (AvgIpc) is 2.77. The van der Waals surface area contributed by atoms with Crippen LogP contribution in [0.5, 0.6) is 0 Å². The second kappa shape index (κ2) is 5.13. The number of ether oxygens (including phenoxy) is 1. The second-order valence-corrected chi connectivity index (χ2v) is 3.85. The quantitative estimate of drug-likeness (QED) is 0.630. The highest BCUT2D eigenvalue weighted by Crippen LogP contribution is 2.18. The van der Waals surface area contributed by atoms with Crippen molar-refractivity contribution in [2.75, 3.05) is 7.05 Å². The fourth-order valence-corrected chi connectivity index (χ4v) is 1.73. The molecule has 2 rings (SSSR count). The Morgan fingerprint density at radius 1 is 1.53 bits per heavy atom. The molecular weight excluding hydrogens is 256 g/mol. The van der Waals surface area contributed by atoms with Crippen LogP contribution in [0.3, 0.4) is 0 Å². The Balaban J connectivity index is 2.28. The molecule has 1 aromatic rings. The van der Waals surface area contributed by atoms with Gasteiger partial charge in [0, 0.05) is 24.7 Å². The number of carbonyl (C=O) groups is 1. The van der Waals surface area contributed by atoms with Crippen LogP contribution >= 0.6 is 0 Å². The number of hydrogen-bond donors (Lipinski definition) is 2. The highest BCUT2D eigenvalue weighted by Gasteiger charge is 2.22. The van der Waals surface area contributed by atoms with E-state index in [1.165, 1.54) is 13.1 Å². The molecule has 0 radical (unpaired) electrons. The molecule has 19 heavy (non-hydrogen) atoms. The van der Waals surface area contributed by atoms with Gasteiger partial charge in [-0.15, -0.1) is 0 Å². The number of halogens is 2. The molecule has 0 atom stereocenters. The van der Waals surface area contributed by atoms with Crippen LogP contribution in [-0.2, 0) is 11.3 Å². The van der Waals surface area contributed by atoms with E-state index in [0.29, 0.717) is 17.7 Å². The summed E-state index contributed by atoms with van der Waals surface area (Å²) in [5, 5.41) is 9.63. The maximum atomic E-state index is 12.3. The lowest BCUT2D eigenvalue weighted by Gasteiger charge is -2.09. The van der Waals surface area contributed by atoms with Crippen LogP contribution in [0, 0.1) is 5.41 Å². The number of aliphatic imine (C=N–C) groups is 1. The molecule has 1 aromatic carbocycles. The molecule has 7 heteroatoms. The van der Waals surface area contributed by atoms with Crippen molar-refractivity contribution in [1.82, 2.24) is 5.32 Å². The third-order valence-corrected chi connectivity index (χ3v) is 2.65. The van der Waals surface area contributed by atoms with Gasteiger partial charge in [0.2, 0.25) is 5.90 Å². The van der Waals surface area contributed by atoms with Crippen LogP contribution in [0.4, 0.5) is 8.78 Å². The van der Waals surface area contributed by atoms with Gasteiger partial charge in [0.05, 0.1) is 0 Å². The van der Waals surface area contributed by atoms with E-state index in [1.807, 2.05) is 0 Å². The molecule has 0 saturated heterocycles. The molecule has 1 amide bonds. The summed E-state index contributed by atoms with van der Waals surface area (Å²) in [4.78, 5) is 15.2. The minimum Gasteiger partial charge on any atom is -0.419 e. The largest absolute Gasteiger partial charge is 0.419 e. The number of carbonyl (C=O) groups excluding carboxylic acids is 1. The summed E-state index contributed by atoms with van der Waals surface area (Å²) in [6, 6.07) is 4.82. The Morgan fingerprint density at radius 2 is 2.26 bits per heavy atom. The van der Waals surface area contributed by atoms with Crippen molar-refractivity contribution in [3.05, 3.63) is 34.9 Å². The van der Waals surface area contributed by atoms with Gasteiger partial charge in [-0.25, -0.2) is 0 Å². The predicted molar refractivity (Wildman–Crippen MR) is 64.9 cm³/mol. The lowest BCUT2D eigenvalue weighted by atomic mass is 10.1. The Labute approximate surface area is 107 Å². The topological polar surface area (TPSA) is 74.5 Å². The summed E-state index contributed by atoms with van der Waals surface area (Å²) >= 11 is 0. The van der Waals surface area contributed by atoms with Crippen LogP contribution in [-0.4, -0.2) is 31.2 Å². The number of rotatable bonds is 2. The number of fused-ring (bicyclic) bond motifs is 1. The first-order valence-electron chi connectivity index (χ1n) is 5.45. The molecule has 1 heterocycles. The molecule has 1 aliphatic heterocycles. The van der Waals surface area contributed by atoms with Gasteiger partial charge in [-0.3, -0.25) is 15.2 Å². The molecule has 0 aliphatic carbocycles. The van der Waals surface area contributed by atoms with E-state index >= 15 is 0 Å². The smallest absolute Gasteiger partial charge is 0.312 e. The minimum atomic E-state index is -3.01. The highest BCUT2D eigenvalue weighted by molar-refractivity contribution is 6.05. The zero-order valence-corrected chi connectivity index (χ0v) is 10.0. The van der Waals surface area contributed by atoms with Gasteiger partial charge in [-0.2, -0.15) is 8.78 Å². The first kappa shape index (κ1) is 13.1. The van der Waals surface area contributed by atoms with Crippen LogP contribution in [0.1, 0.15) is 21.5 Å². The van der Waals surface area contributed by atoms with Crippen LogP contribution in [0.25, 0.3) is 0 Å². The van der Waals surface area contributed by atoms with Crippen molar-refractivity contribution < 1.29 is 18.3 Å². The summed E-state index contributed by atoms with van der Waals surface area (Å²) in [5.74, 6) is -1.52. The molecule has 5 nitrogen and oxygen atoms in total. The minimum absolute atomic E-state index is 0.118. The van der Waals surface area contributed by atoms with E-state index < -0.39 is 12.3 Å². The third kappa shape index (κ3) is 2.59. The van der Waals surface area contributed by atoms with Crippen molar-refractivity contribution in [2.45, 2.75) is 13.0 Å². The third-order valence-electron chi connectivity index (χ3n) is 2.65. The van der Waals surface area contributed by atoms with E-state index in [-0.39, 0.29) is 11.8 Å². The standard InChI is InChI=1S/C12H11F2N3O2/c1-16-12(19-10(15)9(13)14)6-2-3-7-5-17-11(18)8(7)4-6/h2-4,9,15H,5H2,1H3,(H,17,18). The van der Waals surface area contributed by atoms with Gasteiger partial charge in [0.25, 0.3) is 11.8 Å². The highest BCUT2D eigenvalue weighted by atomic mass is 19.3. The fraction of sp³-hybridized carbons (Fsp3) is 0.250. The Bertz CT molecular complexity index is 570. The van der Waals surface area contributed by atoms with Crippen LogP contribution < -0.4 is 5.32 Å². The summed E-state index contributed by atoms with van der Waals surface area (Å²) in [5.41, 5.74) is 1.67. The van der Waals surface area contributed by atoms with E-state index in [4.69, 9.17) is 10.1 Å². The average molecular weight is 267 g/mol. The SMILES string of the molecule is CN=C(OC(=N)C(F)F)c1ccc2c(c1)C(=O)NC2. The Hall–Kier alpha value is -2.31. The zero-order chi connectivity index (χ0) is 14.0. The predicted octanol–water partition coefficient (Wildman–Crippen LogP) is 1.57. The first-order valence-corrected chi connectivity index (χ1v) is 5.45. The van der Waals surface area contributed by atoms with Gasteiger partial charge < -0.3 is 10.1 Å². The van der Waals surface area contributed by atoms with Crippen molar-refractivity contribution in [2.24, 2.45) is 4.99 Å². The fourth-order valence-electron chi connectivity index (χ4n) is 1.73. The lowest BCUT2D eigenvalue weighted by Crippen LogP contribution is -2.19. The number of alkyl halides is 2. The van der Waals surface area contributed by atoms with Gasteiger partial charge in [0.15, 0.2) is 0 Å². The summed E-state index contributed by atoms with van der Waals surface area (Å²) in [6.07, 6.45) is -3.01. The Morgan fingerprint density at radius 3 is 2.89 bits per heavy atom. The van der Waals surface area contributed by atoms with E-state index in [1.54, 1.807) is 12.1 Å². The van der Waals surface area contributed by atoms with Gasteiger partial charge in [-0.1, -0.05) is 6.07 Å². The van der Waals surface area contributed by atoms with Crippen molar-refractivity contribution in [1.29, 1.82) is 5.41 Å². The summed E-state index contributed by atoms with van der Waals surface area (Å²) in [6.45, 7) is 0.445. The monoisotopic (exact) mass is 267 g/mol. The molecule has 0 bridgehead atoms. The maximum Gasteiger partial charge on any atom is 0.312 e. The van der Waals surface area contributed by atoms with Crippen LogP contribution in [0.15, 0.2) is 23.2 Å². The van der Waals surface area contributed by atoms with Crippen molar-refractivity contribution in [3.8, 4) is 0 Å².